The Morgan fingerprint density at radius 1 is 1.07 bits per heavy atom. The average molecular weight is 378 g/mol. The van der Waals surface area contributed by atoms with E-state index >= 15 is 0 Å². The first-order valence-corrected chi connectivity index (χ1v) is 9.25. The number of pyridine rings is 1. The molecule has 0 N–H and O–H groups in total. The summed E-state index contributed by atoms with van der Waals surface area (Å²) >= 11 is 1.43. The lowest BCUT2D eigenvalue weighted by atomic mass is 10.1. The molecule has 134 valence electrons. The molecule has 0 aliphatic rings. The van der Waals surface area contributed by atoms with Gasteiger partial charge >= 0.3 is 5.97 Å². The van der Waals surface area contributed by atoms with Crippen LogP contribution in [0.2, 0.25) is 0 Å². The van der Waals surface area contributed by atoms with E-state index in [1.165, 1.54) is 23.5 Å². The van der Waals surface area contributed by atoms with Crippen LogP contribution in [0.3, 0.4) is 0 Å². The summed E-state index contributed by atoms with van der Waals surface area (Å²) in [4.78, 5) is 21.0. The Bertz CT molecular complexity index is 1090. The zero-order chi connectivity index (χ0) is 18.6. The fourth-order valence-corrected chi connectivity index (χ4v) is 3.58. The van der Waals surface area contributed by atoms with Crippen molar-refractivity contribution in [2.75, 3.05) is 0 Å². The molecular weight excluding hydrogens is 363 g/mol. The Kier molecular flexibility index (Phi) is 4.89. The lowest BCUT2D eigenvalue weighted by Crippen LogP contribution is -2.08. The van der Waals surface area contributed by atoms with Crippen LogP contribution in [0.15, 0.2) is 66.2 Å². The molecule has 0 radical (unpaired) electrons. The molecule has 0 bridgehead atoms. The van der Waals surface area contributed by atoms with Crippen molar-refractivity contribution in [2.24, 2.45) is 0 Å². The predicted molar refractivity (Wildman–Crippen MR) is 103 cm³/mol. The lowest BCUT2D eigenvalue weighted by Gasteiger charge is -2.06. The van der Waals surface area contributed by atoms with E-state index in [2.05, 4.69) is 9.97 Å². The zero-order valence-electron chi connectivity index (χ0n) is 14.3. The normalized spacial score (nSPS) is 10.9. The molecule has 0 fully saturated rings. The number of aromatic nitrogens is 2. The third kappa shape index (κ3) is 4.01. The SMILES string of the molecule is O=C(Cc1cccc2cccnc12)OCc1csc(-c2ccc(F)cc2)n1. The van der Waals surface area contributed by atoms with Gasteiger partial charge in [-0.1, -0.05) is 24.3 Å². The standard InChI is InChI=1S/C21H15FN2O2S/c22-17-8-6-15(7-9-17)21-24-18(13-27-21)12-26-19(25)11-16-4-1-3-14-5-2-10-23-20(14)16/h1-10,13H,11-12H2. The number of rotatable bonds is 5. The van der Waals surface area contributed by atoms with Crippen LogP contribution in [0.1, 0.15) is 11.3 Å². The number of para-hydroxylation sites is 1. The summed E-state index contributed by atoms with van der Waals surface area (Å²) in [6.07, 6.45) is 1.87. The second-order valence-electron chi connectivity index (χ2n) is 5.98. The van der Waals surface area contributed by atoms with E-state index in [1.54, 1.807) is 18.3 Å². The van der Waals surface area contributed by atoms with Crippen molar-refractivity contribution in [1.82, 2.24) is 9.97 Å². The molecule has 6 heteroatoms. The van der Waals surface area contributed by atoms with Crippen molar-refractivity contribution in [1.29, 1.82) is 0 Å². The molecule has 27 heavy (non-hydrogen) atoms. The summed E-state index contributed by atoms with van der Waals surface area (Å²) in [5, 5.41) is 3.59. The highest BCUT2D eigenvalue weighted by molar-refractivity contribution is 7.13. The van der Waals surface area contributed by atoms with E-state index in [9.17, 15) is 9.18 Å². The molecule has 2 aromatic heterocycles. The lowest BCUT2D eigenvalue weighted by molar-refractivity contribution is -0.144. The largest absolute Gasteiger partial charge is 0.459 e. The highest BCUT2D eigenvalue weighted by atomic mass is 32.1. The molecule has 0 saturated heterocycles. The second kappa shape index (κ2) is 7.63. The van der Waals surface area contributed by atoms with Crippen LogP contribution in [-0.2, 0) is 22.6 Å². The van der Waals surface area contributed by atoms with E-state index in [0.717, 1.165) is 27.0 Å². The number of ether oxygens (including phenoxy) is 1. The van der Waals surface area contributed by atoms with E-state index < -0.39 is 0 Å². The summed E-state index contributed by atoms with van der Waals surface area (Å²) in [5.41, 5.74) is 3.15. The van der Waals surface area contributed by atoms with Crippen LogP contribution < -0.4 is 0 Å². The van der Waals surface area contributed by atoms with Crippen molar-refractivity contribution in [3.8, 4) is 10.6 Å². The van der Waals surface area contributed by atoms with Gasteiger partial charge in [0.2, 0.25) is 0 Å². The Morgan fingerprint density at radius 3 is 2.74 bits per heavy atom. The number of thiazole rings is 1. The van der Waals surface area contributed by atoms with Crippen LogP contribution in [-0.4, -0.2) is 15.9 Å². The van der Waals surface area contributed by atoms with E-state index in [1.807, 2.05) is 35.7 Å². The van der Waals surface area contributed by atoms with Gasteiger partial charge in [0.25, 0.3) is 0 Å². The minimum absolute atomic E-state index is 0.106. The number of nitrogens with zero attached hydrogens (tertiary/aromatic N) is 2. The summed E-state index contributed by atoms with van der Waals surface area (Å²) < 4.78 is 18.4. The van der Waals surface area contributed by atoms with Crippen molar-refractivity contribution in [3.63, 3.8) is 0 Å². The highest BCUT2D eigenvalue weighted by Crippen LogP contribution is 2.24. The van der Waals surface area contributed by atoms with Gasteiger partial charge in [0.1, 0.15) is 17.4 Å². The molecule has 4 aromatic rings. The number of hydrogen-bond donors (Lipinski definition) is 0. The number of halogens is 1. The Balaban J connectivity index is 1.40. The molecule has 0 saturated carbocycles. The summed E-state index contributed by atoms with van der Waals surface area (Å²) in [6, 6.07) is 15.7. The fraction of sp³-hybridized carbons (Fsp3) is 0.0952. The molecule has 0 amide bonds. The third-order valence-corrected chi connectivity index (χ3v) is 5.02. The summed E-state index contributed by atoms with van der Waals surface area (Å²) in [6.45, 7) is 0.106. The fourth-order valence-electron chi connectivity index (χ4n) is 2.77. The first kappa shape index (κ1) is 17.3. The first-order valence-electron chi connectivity index (χ1n) is 8.37. The summed E-state index contributed by atoms with van der Waals surface area (Å²) in [7, 11) is 0. The number of carbonyl (C=O) groups excluding carboxylic acids is 1. The Labute approximate surface area is 159 Å². The van der Waals surface area contributed by atoms with Gasteiger partial charge < -0.3 is 4.74 Å². The van der Waals surface area contributed by atoms with Gasteiger partial charge in [-0.05, 0) is 35.9 Å². The monoisotopic (exact) mass is 378 g/mol. The van der Waals surface area contributed by atoms with Crippen LogP contribution >= 0.6 is 11.3 Å². The molecular formula is C21H15FN2O2S. The Morgan fingerprint density at radius 2 is 1.89 bits per heavy atom. The number of hydrogen-bond acceptors (Lipinski definition) is 5. The van der Waals surface area contributed by atoms with Gasteiger partial charge in [0, 0.05) is 22.5 Å². The maximum Gasteiger partial charge on any atom is 0.310 e. The highest BCUT2D eigenvalue weighted by Gasteiger charge is 2.11. The number of esters is 1. The molecule has 2 aromatic carbocycles. The zero-order valence-corrected chi connectivity index (χ0v) is 15.1. The van der Waals surface area contributed by atoms with Gasteiger partial charge in [0.15, 0.2) is 0 Å². The van der Waals surface area contributed by atoms with Crippen molar-refractivity contribution < 1.29 is 13.9 Å². The molecule has 2 heterocycles. The minimum atomic E-state index is -0.329. The topological polar surface area (TPSA) is 52.1 Å². The maximum absolute atomic E-state index is 13.0. The minimum Gasteiger partial charge on any atom is -0.459 e. The van der Waals surface area contributed by atoms with Crippen molar-refractivity contribution >= 4 is 28.2 Å². The third-order valence-electron chi connectivity index (χ3n) is 4.08. The van der Waals surface area contributed by atoms with Crippen LogP contribution in [0.5, 0.6) is 0 Å². The average Bonchev–Trinajstić information content (AvgIpc) is 3.16. The molecule has 0 spiro atoms. The molecule has 0 aliphatic carbocycles. The van der Waals surface area contributed by atoms with Crippen molar-refractivity contribution in [3.05, 3.63) is 83.2 Å². The van der Waals surface area contributed by atoms with E-state index in [-0.39, 0.29) is 24.8 Å². The van der Waals surface area contributed by atoms with Gasteiger partial charge in [-0.15, -0.1) is 11.3 Å². The number of benzene rings is 2. The molecule has 0 aliphatic heterocycles. The summed E-state index contributed by atoms with van der Waals surface area (Å²) in [5.74, 6) is -0.614. The molecule has 4 nitrogen and oxygen atoms in total. The second-order valence-corrected chi connectivity index (χ2v) is 6.84. The maximum atomic E-state index is 13.0. The van der Waals surface area contributed by atoms with Gasteiger partial charge in [-0.2, -0.15) is 0 Å². The predicted octanol–water partition coefficient (Wildman–Crippen LogP) is 4.78. The quantitative estimate of drug-likeness (QED) is 0.469. The smallest absolute Gasteiger partial charge is 0.310 e. The molecule has 0 unspecified atom stereocenters. The Hall–Kier alpha value is -3.12. The van der Waals surface area contributed by atoms with Crippen molar-refractivity contribution in [2.45, 2.75) is 13.0 Å². The van der Waals surface area contributed by atoms with Gasteiger partial charge in [-0.3, -0.25) is 9.78 Å². The number of fused-ring (bicyclic) bond motifs is 1. The van der Waals surface area contributed by atoms with E-state index in [0.29, 0.717) is 5.69 Å². The first-order chi connectivity index (χ1) is 13.2. The van der Waals surface area contributed by atoms with Gasteiger partial charge in [-0.25, -0.2) is 9.37 Å². The number of carbonyl (C=O) groups is 1. The molecule has 0 atom stereocenters. The van der Waals surface area contributed by atoms with E-state index in [4.69, 9.17) is 4.74 Å². The van der Waals surface area contributed by atoms with Crippen LogP contribution in [0, 0.1) is 5.82 Å². The van der Waals surface area contributed by atoms with Crippen LogP contribution in [0.4, 0.5) is 4.39 Å². The van der Waals surface area contributed by atoms with Crippen LogP contribution in [0.25, 0.3) is 21.5 Å². The molecule has 4 rings (SSSR count). The van der Waals surface area contributed by atoms with Gasteiger partial charge in [0.05, 0.1) is 17.6 Å².